The predicted molar refractivity (Wildman–Crippen MR) is 120 cm³/mol. The first-order chi connectivity index (χ1) is 14.5. The Morgan fingerprint density at radius 3 is 2.70 bits per heavy atom. The van der Waals surface area contributed by atoms with E-state index in [0.29, 0.717) is 12.2 Å². The quantitative estimate of drug-likeness (QED) is 0.343. The van der Waals surface area contributed by atoms with Gasteiger partial charge in [-0.3, -0.25) is 14.8 Å². The molecule has 0 unspecified atom stereocenters. The lowest BCUT2D eigenvalue weighted by Crippen LogP contribution is -2.10. The van der Waals surface area contributed by atoms with Crippen LogP contribution in [0.3, 0.4) is 0 Å². The van der Waals surface area contributed by atoms with Crippen molar-refractivity contribution in [3.8, 4) is 11.4 Å². The first kappa shape index (κ1) is 21.4. The van der Waals surface area contributed by atoms with Gasteiger partial charge >= 0.3 is 0 Å². The maximum absolute atomic E-state index is 12.2. The number of aromatic amines is 1. The Morgan fingerprint density at radius 1 is 1.13 bits per heavy atom. The van der Waals surface area contributed by atoms with E-state index >= 15 is 0 Å². The zero-order valence-electron chi connectivity index (χ0n) is 18.0. The van der Waals surface area contributed by atoms with Gasteiger partial charge in [-0.25, -0.2) is 0 Å². The summed E-state index contributed by atoms with van der Waals surface area (Å²) in [5, 5.41) is 4.17. The number of hydrogen-bond donors (Lipinski definition) is 1. The average molecular weight is 405 g/mol. The Hall–Kier alpha value is -3.28. The molecule has 0 saturated heterocycles. The van der Waals surface area contributed by atoms with Crippen LogP contribution in [0.2, 0.25) is 0 Å². The van der Waals surface area contributed by atoms with E-state index in [2.05, 4.69) is 15.1 Å². The number of aryl methyl sites for hydroxylation is 3. The second-order valence-electron chi connectivity index (χ2n) is 7.30. The molecule has 0 radical (unpaired) electrons. The van der Waals surface area contributed by atoms with Crippen molar-refractivity contribution in [2.45, 2.75) is 47.0 Å². The molecule has 0 fully saturated rings. The SMILES string of the molecule is CCc1cc(=O)c(C)c(-c2cccc(CCCO/N=C(\C)c3cccc(C)n3)n2)[nH]1. The largest absolute Gasteiger partial charge is 0.396 e. The van der Waals surface area contributed by atoms with Crippen LogP contribution in [-0.2, 0) is 17.7 Å². The van der Waals surface area contributed by atoms with Gasteiger partial charge in [-0.15, -0.1) is 0 Å². The molecular weight excluding hydrogens is 376 g/mol. The lowest BCUT2D eigenvalue weighted by molar-refractivity contribution is 0.141. The molecule has 0 aromatic carbocycles. The molecule has 3 aromatic heterocycles. The van der Waals surface area contributed by atoms with Gasteiger partial charge in [-0.05, 0) is 64.3 Å². The highest BCUT2D eigenvalue weighted by atomic mass is 16.6. The Balaban J connectivity index is 1.61. The van der Waals surface area contributed by atoms with Crippen molar-refractivity contribution in [3.05, 3.63) is 81.0 Å². The monoisotopic (exact) mass is 404 g/mol. The highest BCUT2D eigenvalue weighted by Gasteiger charge is 2.09. The maximum atomic E-state index is 12.2. The first-order valence-corrected chi connectivity index (χ1v) is 10.3. The Bertz CT molecular complexity index is 1100. The van der Waals surface area contributed by atoms with Crippen molar-refractivity contribution in [2.24, 2.45) is 5.16 Å². The van der Waals surface area contributed by atoms with E-state index in [1.54, 1.807) is 6.07 Å². The summed E-state index contributed by atoms with van der Waals surface area (Å²) in [5.74, 6) is 0. The molecule has 0 bridgehead atoms. The van der Waals surface area contributed by atoms with Crippen molar-refractivity contribution in [3.63, 3.8) is 0 Å². The second-order valence-corrected chi connectivity index (χ2v) is 7.30. The number of rotatable bonds is 8. The number of nitrogens with zero attached hydrogens (tertiary/aromatic N) is 3. The Kier molecular flexibility index (Phi) is 7.12. The molecule has 0 aliphatic heterocycles. The van der Waals surface area contributed by atoms with Crippen LogP contribution in [0.25, 0.3) is 11.4 Å². The number of pyridine rings is 3. The molecule has 156 valence electrons. The summed E-state index contributed by atoms with van der Waals surface area (Å²) in [6.45, 7) is 8.19. The third-order valence-corrected chi connectivity index (χ3v) is 4.91. The smallest absolute Gasteiger partial charge is 0.185 e. The minimum Gasteiger partial charge on any atom is -0.396 e. The third-order valence-electron chi connectivity index (χ3n) is 4.91. The van der Waals surface area contributed by atoms with E-state index in [1.165, 1.54) is 0 Å². The van der Waals surface area contributed by atoms with Crippen molar-refractivity contribution >= 4 is 5.71 Å². The normalized spacial score (nSPS) is 11.5. The van der Waals surface area contributed by atoms with Crippen molar-refractivity contribution in [1.29, 1.82) is 0 Å². The number of aromatic nitrogens is 3. The van der Waals surface area contributed by atoms with Crippen LogP contribution < -0.4 is 5.43 Å². The summed E-state index contributed by atoms with van der Waals surface area (Å²) in [6.07, 6.45) is 2.33. The van der Waals surface area contributed by atoms with E-state index in [1.807, 2.05) is 64.1 Å². The summed E-state index contributed by atoms with van der Waals surface area (Å²) in [5.41, 5.74) is 6.72. The number of nitrogens with one attached hydrogen (secondary N) is 1. The van der Waals surface area contributed by atoms with Crippen LogP contribution in [0, 0.1) is 13.8 Å². The van der Waals surface area contributed by atoms with Crippen LogP contribution in [0.1, 0.15) is 48.6 Å². The molecule has 0 spiro atoms. The second kappa shape index (κ2) is 9.96. The lowest BCUT2D eigenvalue weighted by Gasteiger charge is -2.09. The molecule has 0 aliphatic rings. The highest BCUT2D eigenvalue weighted by molar-refractivity contribution is 5.96. The van der Waals surface area contributed by atoms with E-state index in [9.17, 15) is 4.79 Å². The lowest BCUT2D eigenvalue weighted by atomic mass is 10.1. The minimum atomic E-state index is 0.0394. The summed E-state index contributed by atoms with van der Waals surface area (Å²) in [7, 11) is 0. The molecule has 6 nitrogen and oxygen atoms in total. The van der Waals surface area contributed by atoms with Crippen LogP contribution in [-0.4, -0.2) is 27.3 Å². The molecule has 0 atom stereocenters. The van der Waals surface area contributed by atoms with Crippen LogP contribution in [0.4, 0.5) is 0 Å². The van der Waals surface area contributed by atoms with Crippen molar-refractivity contribution in [2.75, 3.05) is 6.61 Å². The fraction of sp³-hybridized carbons (Fsp3) is 0.333. The fourth-order valence-corrected chi connectivity index (χ4v) is 3.14. The summed E-state index contributed by atoms with van der Waals surface area (Å²) < 4.78 is 0. The zero-order chi connectivity index (χ0) is 21.5. The highest BCUT2D eigenvalue weighted by Crippen LogP contribution is 2.18. The van der Waals surface area contributed by atoms with Gasteiger partial charge in [0.25, 0.3) is 0 Å². The van der Waals surface area contributed by atoms with Gasteiger partial charge in [-0.2, -0.15) is 0 Å². The van der Waals surface area contributed by atoms with Gasteiger partial charge in [0.15, 0.2) is 5.43 Å². The molecule has 0 amide bonds. The summed E-state index contributed by atoms with van der Waals surface area (Å²) in [6, 6.07) is 13.4. The third kappa shape index (κ3) is 5.41. The minimum absolute atomic E-state index is 0.0394. The zero-order valence-corrected chi connectivity index (χ0v) is 18.0. The van der Waals surface area contributed by atoms with Crippen molar-refractivity contribution in [1.82, 2.24) is 15.0 Å². The summed E-state index contributed by atoms with van der Waals surface area (Å²) >= 11 is 0. The average Bonchev–Trinajstić information content (AvgIpc) is 2.75. The topological polar surface area (TPSA) is 80.2 Å². The molecule has 0 saturated carbocycles. The van der Waals surface area contributed by atoms with Gasteiger partial charge in [-0.1, -0.05) is 24.2 Å². The van der Waals surface area contributed by atoms with Gasteiger partial charge in [0.05, 0.1) is 17.1 Å². The Labute approximate surface area is 177 Å². The molecule has 0 aliphatic carbocycles. The number of hydrogen-bond acceptors (Lipinski definition) is 5. The van der Waals surface area contributed by atoms with Crippen LogP contribution in [0.15, 0.2) is 52.4 Å². The standard InChI is InChI=1S/C24H28N4O2/c1-5-19-15-23(29)17(3)24(27-19)22-13-7-10-20(26-22)11-8-14-30-28-18(4)21-12-6-9-16(2)25-21/h6-7,9-10,12-13,15H,5,8,11,14H2,1-4H3,(H,27,29)/b28-18+. The van der Waals surface area contributed by atoms with Crippen LogP contribution >= 0.6 is 0 Å². The summed E-state index contributed by atoms with van der Waals surface area (Å²) in [4.78, 5) is 30.2. The molecule has 6 heteroatoms. The van der Waals surface area contributed by atoms with Gasteiger partial charge in [0.1, 0.15) is 12.3 Å². The van der Waals surface area contributed by atoms with Gasteiger partial charge in [0.2, 0.25) is 0 Å². The van der Waals surface area contributed by atoms with E-state index in [4.69, 9.17) is 9.82 Å². The molecule has 1 N–H and O–H groups in total. The molecule has 3 heterocycles. The maximum Gasteiger partial charge on any atom is 0.185 e. The first-order valence-electron chi connectivity index (χ1n) is 10.3. The van der Waals surface area contributed by atoms with Gasteiger partial charge < -0.3 is 9.82 Å². The Morgan fingerprint density at radius 2 is 1.93 bits per heavy atom. The number of oxime groups is 1. The number of H-pyrrole nitrogens is 1. The van der Waals surface area contributed by atoms with E-state index < -0.39 is 0 Å². The van der Waals surface area contributed by atoms with Crippen LogP contribution in [0.5, 0.6) is 0 Å². The van der Waals surface area contributed by atoms with E-state index in [-0.39, 0.29) is 5.43 Å². The molecular formula is C24H28N4O2. The van der Waals surface area contributed by atoms with E-state index in [0.717, 1.165) is 59.1 Å². The molecule has 3 aromatic rings. The predicted octanol–water partition coefficient (Wildman–Crippen LogP) is 4.38. The molecule has 3 rings (SSSR count). The van der Waals surface area contributed by atoms with Gasteiger partial charge in [0, 0.05) is 28.7 Å². The fourth-order valence-electron chi connectivity index (χ4n) is 3.14. The molecule has 30 heavy (non-hydrogen) atoms. The van der Waals surface area contributed by atoms with Crippen molar-refractivity contribution < 1.29 is 4.84 Å².